The van der Waals surface area contributed by atoms with Gasteiger partial charge in [0.05, 0.1) is 0 Å². The Labute approximate surface area is 232 Å². The van der Waals surface area contributed by atoms with E-state index in [-0.39, 0.29) is 5.91 Å². The standard InChI is InChI=1S/C32H28N6O2/c1-22(39)35-26-8-7-9-27(19-26)36-31-33-21-34-32(37-31)38-17-16-23-18-24(14-15-25(23)20-38)29-12-5-6-13-30(29)40-28-10-3-2-4-11-28/h2-15,18-19,21H,16-17,20H2,1H3,(H,35,39)(H,33,34,36,37). The van der Waals surface area contributed by atoms with Gasteiger partial charge in [-0.15, -0.1) is 0 Å². The molecule has 40 heavy (non-hydrogen) atoms. The molecule has 5 aromatic rings. The van der Waals surface area contributed by atoms with Crippen LogP contribution in [0.4, 0.5) is 23.3 Å². The number of carbonyl (C=O) groups excluding carboxylic acids is 1. The molecule has 0 radical (unpaired) electrons. The predicted octanol–water partition coefficient (Wildman–Crippen LogP) is 6.60. The molecule has 6 rings (SSSR count). The van der Waals surface area contributed by atoms with Gasteiger partial charge in [-0.3, -0.25) is 4.79 Å². The van der Waals surface area contributed by atoms with E-state index in [9.17, 15) is 4.79 Å². The number of hydrogen-bond donors (Lipinski definition) is 2. The molecule has 4 aromatic carbocycles. The number of rotatable bonds is 7. The van der Waals surface area contributed by atoms with E-state index in [0.29, 0.717) is 24.1 Å². The van der Waals surface area contributed by atoms with Crippen LogP contribution in [0, 0.1) is 0 Å². The number of nitrogens with one attached hydrogen (secondary N) is 2. The second-order valence-electron chi connectivity index (χ2n) is 9.56. The topological polar surface area (TPSA) is 92.3 Å². The van der Waals surface area contributed by atoms with Crippen LogP contribution in [-0.4, -0.2) is 27.4 Å². The lowest BCUT2D eigenvalue weighted by Crippen LogP contribution is -2.32. The largest absolute Gasteiger partial charge is 0.457 e. The van der Waals surface area contributed by atoms with Crippen molar-refractivity contribution in [1.82, 2.24) is 15.0 Å². The van der Waals surface area contributed by atoms with Crippen LogP contribution >= 0.6 is 0 Å². The summed E-state index contributed by atoms with van der Waals surface area (Å²) in [6.07, 6.45) is 2.39. The first kappa shape index (κ1) is 25.1. The van der Waals surface area contributed by atoms with Gasteiger partial charge in [0, 0.05) is 37.0 Å². The first-order valence-corrected chi connectivity index (χ1v) is 13.1. The fourth-order valence-corrected chi connectivity index (χ4v) is 4.81. The van der Waals surface area contributed by atoms with E-state index in [1.165, 1.54) is 24.4 Å². The minimum Gasteiger partial charge on any atom is -0.457 e. The maximum atomic E-state index is 11.4. The van der Waals surface area contributed by atoms with Gasteiger partial charge in [-0.25, -0.2) is 9.97 Å². The van der Waals surface area contributed by atoms with Crippen LogP contribution in [-0.2, 0) is 17.8 Å². The minimum atomic E-state index is -0.123. The first-order valence-electron chi connectivity index (χ1n) is 13.1. The maximum Gasteiger partial charge on any atom is 0.232 e. The molecule has 0 fully saturated rings. The Morgan fingerprint density at radius 1 is 0.850 bits per heavy atom. The summed E-state index contributed by atoms with van der Waals surface area (Å²) < 4.78 is 6.20. The summed E-state index contributed by atoms with van der Waals surface area (Å²) in [5.74, 6) is 2.59. The summed E-state index contributed by atoms with van der Waals surface area (Å²) >= 11 is 0. The van der Waals surface area contributed by atoms with Crippen LogP contribution in [0.2, 0.25) is 0 Å². The molecule has 0 saturated carbocycles. The Morgan fingerprint density at radius 3 is 2.55 bits per heavy atom. The summed E-state index contributed by atoms with van der Waals surface area (Å²) in [5.41, 5.74) is 6.23. The smallest absolute Gasteiger partial charge is 0.232 e. The van der Waals surface area contributed by atoms with Crippen LogP contribution in [0.3, 0.4) is 0 Å². The van der Waals surface area contributed by atoms with Gasteiger partial charge in [0.15, 0.2) is 0 Å². The molecule has 198 valence electrons. The predicted molar refractivity (Wildman–Crippen MR) is 157 cm³/mol. The fourth-order valence-electron chi connectivity index (χ4n) is 4.81. The zero-order valence-corrected chi connectivity index (χ0v) is 22.0. The second-order valence-corrected chi connectivity index (χ2v) is 9.56. The highest BCUT2D eigenvalue weighted by atomic mass is 16.5. The van der Waals surface area contributed by atoms with Crippen LogP contribution in [0.15, 0.2) is 103 Å². The van der Waals surface area contributed by atoms with Gasteiger partial charge < -0.3 is 20.3 Å². The number of hydrogen-bond acceptors (Lipinski definition) is 7. The van der Waals surface area contributed by atoms with Crippen molar-refractivity contribution in [3.8, 4) is 22.6 Å². The highest BCUT2D eigenvalue weighted by molar-refractivity contribution is 5.89. The van der Waals surface area contributed by atoms with Crippen molar-refractivity contribution in [2.45, 2.75) is 19.9 Å². The Hall–Kier alpha value is -5.24. The third-order valence-electron chi connectivity index (χ3n) is 6.67. The molecule has 1 aromatic heterocycles. The zero-order valence-electron chi connectivity index (χ0n) is 22.0. The molecule has 2 N–H and O–H groups in total. The molecule has 2 heterocycles. The molecule has 1 aliphatic rings. The van der Waals surface area contributed by atoms with E-state index >= 15 is 0 Å². The number of ether oxygens (including phenoxy) is 1. The molecule has 0 atom stereocenters. The van der Waals surface area contributed by atoms with E-state index in [2.05, 4.69) is 54.8 Å². The molecule has 0 unspecified atom stereocenters. The number of benzene rings is 4. The highest BCUT2D eigenvalue weighted by Gasteiger charge is 2.20. The van der Waals surface area contributed by atoms with Crippen molar-refractivity contribution < 1.29 is 9.53 Å². The van der Waals surface area contributed by atoms with Crippen LogP contribution in [0.25, 0.3) is 11.1 Å². The minimum absolute atomic E-state index is 0.123. The van der Waals surface area contributed by atoms with Crippen molar-refractivity contribution >= 4 is 29.2 Å². The highest BCUT2D eigenvalue weighted by Crippen LogP contribution is 2.35. The molecule has 8 nitrogen and oxygen atoms in total. The van der Waals surface area contributed by atoms with Gasteiger partial charge in [0.1, 0.15) is 17.8 Å². The lowest BCUT2D eigenvalue weighted by Gasteiger charge is -2.29. The van der Waals surface area contributed by atoms with Gasteiger partial charge in [0.25, 0.3) is 0 Å². The average Bonchev–Trinajstić information content (AvgIpc) is 2.97. The van der Waals surface area contributed by atoms with Crippen LogP contribution in [0.5, 0.6) is 11.5 Å². The van der Waals surface area contributed by atoms with E-state index in [4.69, 9.17) is 4.74 Å². The number of aromatic nitrogens is 3. The lowest BCUT2D eigenvalue weighted by atomic mass is 9.94. The molecule has 1 amide bonds. The van der Waals surface area contributed by atoms with Gasteiger partial charge >= 0.3 is 0 Å². The van der Waals surface area contributed by atoms with Crippen molar-refractivity contribution in [3.05, 3.63) is 115 Å². The van der Waals surface area contributed by atoms with E-state index in [1.54, 1.807) is 0 Å². The Morgan fingerprint density at radius 2 is 1.68 bits per heavy atom. The van der Waals surface area contributed by atoms with Gasteiger partial charge in [-0.05, 0) is 59.5 Å². The number of amides is 1. The molecule has 1 aliphatic heterocycles. The van der Waals surface area contributed by atoms with Gasteiger partial charge in [-0.2, -0.15) is 4.98 Å². The molecule has 0 aliphatic carbocycles. The Kier molecular flexibility index (Phi) is 7.05. The average molecular weight is 529 g/mol. The van der Waals surface area contributed by atoms with Crippen molar-refractivity contribution in [1.29, 1.82) is 0 Å². The summed E-state index contributed by atoms with van der Waals surface area (Å²) in [6.45, 7) is 2.98. The third-order valence-corrected chi connectivity index (χ3v) is 6.67. The van der Waals surface area contributed by atoms with Crippen LogP contribution in [0.1, 0.15) is 18.1 Å². The molecule has 0 spiro atoms. The Bertz CT molecular complexity index is 1660. The second kappa shape index (κ2) is 11.2. The first-order chi connectivity index (χ1) is 19.6. The van der Waals surface area contributed by atoms with Gasteiger partial charge in [-0.1, -0.05) is 60.7 Å². The lowest BCUT2D eigenvalue weighted by molar-refractivity contribution is -0.114. The number of nitrogens with zero attached hydrogens (tertiary/aromatic N) is 4. The normalized spacial score (nSPS) is 12.4. The molecule has 0 bridgehead atoms. The zero-order chi connectivity index (χ0) is 27.3. The van der Waals surface area contributed by atoms with Crippen LogP contribution < -0.4 is 20.3 Å². The summed E-state index contributed by atoms with van der Waals surface area (Å²) in [7, 11) is 0. The fraction of sp³-hybridized carbons (Fsp3) is 0.125. The molecule has 0 saturated heterocycles. The number of carbonyl (C=O) groups is 1. The molecular weight excluding hydrogens is 500 g/mol. The van der Waals surface area contributed by atoms with E-state index in [0.717, 1.165) is 41.3 Å². The SMILES string of the molecule is CC(=O)Nc1cccc(Nc2ncnc(N3CCc4cc(-c5ccccc5Oc5ccccc5)ccc4C3)n2)c1. The van der Waals surface area contributed by atoms with E-state index < -0.39 is 0 Å². The molecule has 8 heteroatoms. The third kappa shape index (κ3) is 5.76. The summed E-state index contributed by atoms with van der Waals surface area (Å²) in [5, 5.41) is 6.00. The summed E-state index contributed by atoms with van der Waals surface area (Å²) in [6, 6.07) is 32.0. The maximum absolute atomic E-state index is 11.4. The quantitative estimate of drug-likeness (QED) is 0.246. The summed E-state index contributed by atoms with van der Waals surface area (Å²) in [4.78, 5) is 26.9. The molecular formula is C32H28N6O2. The van der Waals surface area contributed by atoms with Crippen molar-refractivity contribution in [3.63, 3.8) is 0 Å². The number of fused-ring (bicyclic) bond motifs is 1. The van der Waals surface area contributed by atoms with E-state index in [1.807, 2.05) is 72.8 Å². The number of anilines is 4. The van der Waals surface area contributed by atoms with Crippen molar-refractivity contribution in [2.75, 3.05) is 22.1 Å². The van der Waals surface area contributed by atoms with Crippen molar-refractivity contribution in [2.24, 2.45) is 0 Å². The monoisotopic (exact) mass is 528 g/mol. The number of para-hydroxylation sites is 2. The Balaban J connectivity index is 1.18. The van der Waals surface area contributed by atoms with Gasteiger partial charge in [0.2, 0.25) is 17.8 Å².